The minimum absolute atomic E-state index is 0.0206. The summed E-state index contributed by atoms with van der Waals surface area (Å²) in [5.41, 5.74) is 0.448. The van der Waals surface area contributed by atoms with Crippen molar-refractivity contribution in [1.82, 2.24) is 5.32 Å². The average molecular weight is 276 g/mol. The molecule has 1 aliphatic rings. The molecule has 0 aliphatic carbocycles. The van der Waals surface area contributed by atoms with Gasteiger partial charge in [0.1, 0.15) is 5.60 Å². The van der Waals surface area contributed by atoms with Gasteiger partial charge in [0.05, 0.1) is 6.04 Å². The molecule has 1 atom stereocenters. The van der Waals surface area contributed by atoms with E-state index in [-0.39, 0.29) is 17.9 Å². The van der Waals surface area contributed by atoms with E-state index in [1.54, 1.807) is 7.11 Å². The van der Waals surface area contributed by atoms with Crippen LogP contribution in [0, 0.1) is 5.92 Å². The molecule has 110 valence electrons. The van der Waals surface area contributed by atoms with Gasteiger partial charge >= 0.3 is 0 Å². The summed E-state index contributed by atoms with van der Waals surface area (Å²) in [5, 5.41) is 3.08. The van der Waals surface area contributed by atoms with Crippen LogP contribution in [0.1, 0.15) is 20.8 Å². The molecule has 4 nitrogen and oxygen atoms in total. The molecule has 1 amide bonds. The number of anilines is 1. The van der Waals surface area contributed by atoms with Gasteiger partial charge in [-0.1, -0.05) is 32.0 Å². The first kappa shape index (κ1) is 14.9. The number of nitrogens with zero attached hydrogens (tertiary/aromatic N) is 1. The van der Waals surface area contributed by atoms with Crippen molar-refractivity contribution in [2.45, 2.75) is 32.4 Å². The Bertz CT molecular complexity index is 455. The highest BCUT2D eigenvalue weighted by Crippen LogP contribution is 2.23. The molecular weight excluding hydrogens is 252 g/mol. The van der Waals surface area contributed by atoms with E-state index in [0.717, 1.165) is 13.1 Å². The van der Waals surface area contributed by atoms with Crippen molar-refractivity contribution in [3.8, 4) is 0 Å². The zero-order valence-corrected chi connectivity index (χ0v) is 12.7. The molecule has 1 fully saturated rings. The fourth-order valence-corrected chi connectivity index (χ4v) is 2.34. The molecule has 0 spiro atoms. The molecule has 0 saturated carbocycles. The van der Waals surface area contributed by atoms with Crippen LogP contribution in [0.25, 0.3) is 0 Å². The summed E-state index contributed by atoms with van der Waals surface area (Å²) in [7, 11) is 1.59. The molecule has 1 unspecified atom stereocenters. The van der Waals surface area contributed by atoms with Gasteiger partial charge in [0.25, 0.3) is 5.91 Å². The second-order valence-corrected chi connectivity index (χ2v) is 5.88. The Morgan fingerprint density at radius 1 is 1.35 bits per heavy atom. The highest BCUT2D eigenvalue weighted by Gasteiger charge is 2.39. The number of methoxy groups -OCH3 is 1. The van der Waals surface area contributed by atoms with Crippen LogP contribution in [-0.4, -0.2) is 37.7 Å². The summed E-state index contributed by atoms with van der Waals surface area (Å²) >= 11 is 0. The van der Waals surface area contributed by atoms with Crippen molar-refractivity contribution in [3.05, 3.63) is 30.3 Å². The molecular formula is C16H24N2O2. The third-order valence-electron chi connectivity index (χ3n) is 4.31. The van der Waals surface area contributed by atoms with E-state index in [1.165, 1.54) is 5.69 Å². The molecule has 1 aromatic carbocycles. The lowest BCUT2D eigenvalue weighted by Crippen LogP contribution is -2.63. The van der Waals surface area contributed by atoms with Gasteiger partial charge < -0.3 is 15.0 Å². The smallest absolute Gasteiger partial charge is 0.252 e. The van der Waals surface area contributed by atoms with E-state index in [0.29, 0.717) is 0 Å². The molecule has 4 heteroatoms. The number of rotatable bonds is 5. The lowest BCUT2D eigenvalue weighted by Gasteiger charge is -2.43. The van der Waals surface area contributed by atoms with Crippen molar-refractivity contribution in [2.75, 3.05) is 25.1 Å². The number of hydrogen-bond donors (Lipinski definition) is 1. The Morgan fingerprint density at radius 3 is 2.45 bits per heavy atom. The Labute approximate surface area is 121 Å². The number of hydrogen-bond acceptors (Lipinski definition) is 3. The molecule has 0 radical (unpaired) electrons. The van der Waals surface area contributed by atoms with Gasteiger partial charge in [-0.25, -0.2) is 0 Å². The maximum absolute atomic E-state index is 12.3. The van der Waals surface area contributed by atoms with Gasteiger partial charge in [0.15, 0.2) is 0 Å². The van der Waals surface area contributed by atoms with Crippen LogP contribution in [0.2, 0.25) is 0 Å². The standard InChI is InChI=1S/C16H24N2O2/c1-12(2)16(3,20-4)15(19)17-13-10-18(11-13)14-8-6-5-7-9-14/h5-9,12-13H,10-11H2,1-4H3,(H,17,19). The predicted molar refractivity (Wildman–Crippen MR) is 80.8 cm³/mol. The number of para-hydroxylation sites is 1. The first-order chi connectivity index (χ1) is 9.47. The van der Waals surface area contributed by atoms with E-state index in [2.05, 4.69) is 22.3 Å². The maximum atomic E-state index is 12.3. The van der Waals surface area contributed by atoms with Crippen LogP contribution in [0.3, 0.4) is 0 Å². The van der Waals surface area contributed by atoms with E-state index in [4.69, 9.17) is 4.74 Å². The molecule has 0 aromatic heterocycles. The Morgan fingerprint density at radius 2 is 1.95 bits per heavy atom. The average Bonchev–Trinajstić information content (AvgIpc) is 2.41. The van der Waals surface area contributed by atoms with Crippen LogP contribution < -0.4 is 10.2 Å². The molecule has 1 heterocycles. The molecule has 1 saturated heterocycles. The summed E-state index contributed by atoms with van der Waals surface area (Å²) in [5.74, 6) is 0.116. The van der Waals surface area contributed by atoms with Crippen LogP contribution in [-0.2, 0) is 9.53 Å². The number of amides is 1. The fourth-order valence-electron chi connectivity index (χ4n) is 2.34. The first-order valence-electron chi connectivity index (χ1n) is 7.13. The minimum atomic E-state index is -0.757. The lowest BCUT2D eigenvalue weighted by atomic mass is 9.90. The quantitative estimate of drug-likeness (QED) is 0.895. The van der Waals surface area contributed by atoms with Crippen molar-refractivity contribution in [1.29, 1.82) is 0 Å². The number of carbonyl (C=O) groups excluding carboxylic acids is 1. The van der Waals surface area contributed by atoms with E-state index >= 15 is 0 Å². The number of carbonyl (C=O) groups is 1. The lowest BCUT2D eigenvalue weighted by molar-refractivity contribution is -0.147. The summed E-state index contributed by atoms with van der Waals surface area (Å²) in [6, 6.07) is 10.5. The van der Waals surface area contributed by atoms with Gasteiger partial charge in [0.2, 0.25) is 0 Å². The van der Waals surface area contributed by atoms with Gasteiger partial charge in [0, 0.05) is 25.9 Å². The van der Waals surface area contributed by atoms with Crippen LogP contribution >= 0.6 is 0 Å². The first-order valence-corrected chi connectivity index (χ1v) is 7.13. The van der Waals surface area contributed by atoms with Crippen LogP contribution in [0.4, 0.5) is 5.69 Å². The number of nitrogens with one attached hydrogen (secondary N) is 1. The third kappa shape index (κ3) is 2.80. The van der Waals surface area contributed by atoms with Crippen LogP contribution in [0.5, 0.6) is 0 Å². The van der Waals surface area contributed by atoms with E-state index in [1.807, 2.05) is 39.0 Å². The summed E-state index contributed by atoms with van der Waals surface area (Å²) in [6.07, 6.45) is 0. The highest BCUT2D eigenvalue weighted by atomic mass is 16.5. The largest absolute Gasteiger partial charge is 0.368 e. The predicted octanol–water partition coefficient (Wildman–Crippen LogP) is 2.05. The number of benzene rings is 1. The van der Waals surface area contributed by atoms with Crippen molar-refractivity contribution < 1.29 is 9.53 Å². The Hall–Kier alpha value is -1.55. The van der Waals surface area contributed by atoms with Crippen molar-refractivity contribution >= 4 is 11.6 Å². The Balaban J connectivity index is 1.87. The zero-order chi connectivity index (χ0) is 14.8. The molecule has 1 N–H and O–H groups in total. The van der Waals surface area contributed by atoms with Gasteiger partial charge in [-0.05, 0) is 25.0 Å². The second kappa shape index (κ2) is 5.83. The van der Waals surface area contributed by atoms with Crippen molar-refractivity contribution in [3.63, 3.8) is 0 Å². The van der Waals surface area contributed by atoms with Gasteiger partial charge in [-0.15, -0.1) is 0 Å². The Kier molecular flexibility index (Phi) is 4.33. The summed E-state index contributed by atoms with van der Waals surface area (Å²) in [4.78, 5) is 14.6. The number of ether oxygens (including phenoxy) is 1. The fraction of sp³-hybridized carbons (Fsp3) is 0.562. The third-order valence-corrected chi connectivity index (χ3v) is 4.31. The summed E-state index contributed by atoms with van der Waals surface area (Å²) < 4.78 is 5.42. The molecule has 20 heavy (non-hydrogen) atoms. The topological polar surface area (TPSA) is 41.6 Å². The van der Waals surface area contributed by atoms with Gasteiger partial charge in [-0.2, -0.15) is 0 Å². The molecule has 2 rings (SSSR count). The zero-order valence-electron chi connectivity index (χ0n) is 12.7. The monoisotopic (exact) mass is 276 g/mol. The van der Waals surface area contributed by atoms with E-state index < -0.39 is 5.60 Å². The molecule has 1 aromatic rings. The molecule has 0 bridgehead atoms. The van der Waals surface area contributed by atoms with Gasteiger partial charge in [-0.3, -0.25) is 4.79 Å². The van der Waals surface area contributed by atoms with Crippen LogP contribution in [0.15, 0.2) is 30.3 Å². The molecule has 1 aliphatic heterocycles. The summed E-state index contributed by atoms with van der Waals surface area (Å²) in [6.45, 7) is 7.56. The highest BCUT2D eigenvalue weighted by molar-refractivity contribution is 5.85. The van der Waals surface area contributed by atoms with E-state index in [9.17, 15) is 4.79 Å². The maximum Gasteiger partial charge on any atom is 0.252 e. The minimum Gasteiger partial charge on any atom is -0.368 e. The van der Waals surface area contributed by atoms with Crippen molar-refractivity contribution in [2.24, 2.45) is 5.92 Å². The SMILES string of the molecule is COC(C)(C(=O)NC1CN(c2ccccc2)C1)C(C)C. The second-order valence-electron chi connectivity index (χ2n) is 5.88. The normalized spacial score (nSPS) is 18.6.